The van der Waals surface area contributed by atoms with Crippen LogP contribution in [0.3, 0.4) is 0 Å². The third kappa shape index (κ3) is 7.54. The Morgan fingerprint density at radius 3 is 2.09 bits per heavy atom. The molecule has 1 fully saturated rings. The van der Waals surface area contributed by atoms with Crippen LogP contribution in [0, 0.1) is 4.77 Å². The van der Waals surface area contributed by atoms with E-state index in [1.165, 1.54) is 23.0 Å². The molecule has 0 aliphatic carbocycles. The van der Waals surface area contributed by atoms with E-state index in [9.17, 15) is 24.0 Å². The van der Waals surface area contributed by atoms with Crippen LogP contribution in [0.4, 0.5) is 0 Å². The molecule has 0 bridgehead atoms. The number of nitrogens with zero attached hydrogens (tertiary/aromatic N) is 3. The van der Waals surface area contributed by atoms with Gasteiger partial charge in [-0.05, 0) is 48.6 Å². The zero-order valence-corrected chi connectivity index (χ0v) is 24.9. The Bertz CT molecular complexity index is 1660. The first-order valence-electron chi connectivity index (χ1n) is 13.3. The number of carbonyl (C=O) groups is 4. The summed E-state index contributed by atoms with van der Waals surface area (Å²) in [6, 6.07) is 11.8. The molecule has 0 saturated carbocycles. The molecule has 15 heteroatoms. The predicted octanol–water partition coefficient (Wildman–Crippen LogP) is 2.78. The summed E-state index contributed by atoms with van der Waals surface area (Å²) in [6.07, 6.45) is -2.72. The van der Waals surface area contributed by atoms with Crippen LogP contribution < -0.4 is 5.56 Å². The number of aromatic nitrogens is 3. The van der Waals surface area contributed by atoms with E-state index in [-0.39, 0.29) is 10.5 Å². The van der Waals surface area contributed by atoms with Crippen molar-refractivity contribution in [2.24, 2.45) is 0 Å². The fourth-order valence-corrected chi connectivity index (χ4v) is 4.86. The lowest BCUT2D eigenvalue weighted by Gasteiger charge is -2.44. The Morgan fingerprint density at radius 2 is 1.50 bits per heavy atom. The van der Waals surface area contributed by atoms with Gasteiger partial charge in [0.05, 0.1) is 12.0 Å². The highest BCUT2D eigenvalue weighted by atomic mass is 32.1. The van der Waals surface area contributed by atoms with Crippen molar-refractivity contribution in [2.75, 3.05) is 6.61 Å². The maximum Gasteiger partial charge on any atom is 0.303 e. The Hall–Kier alpha value is -4.89. The first kappa shape index (κ1) is 32.0. The summed E-state index contributed by atoms with van der Waals surface area (Å²) in [5.41, 5.74) is -0.325. The van der Waals surface area contributed by atoms with Crippen LogP contribution in [0.15, 0.2) is 57.9 Å². The van der Waals surface area contributed by atoms with Gasteiger partial charge in [0.1, 0.15) is 24.2 Å². The second-order valence-electron chi connectivity index (χ2n) is 9.53. The van der Waals surface area contributed by atoms with Gasteiger partial charge in [0, 0.05) is 27.7 Å². The van der Waals surface area contributed by atoms with Crippen molar-refractivity contribution in [3.8, 4) is 5.69 Å². The number of furan rings is 1. The molecule has 4 rings (SSSR count). The maximum absolute atomic E-state index is 13.7. The molecule has 2 aromatic heterocycles. The van der Waals surface area contributed by atoms with Gasteiger partial charge >= 0.3 is 23.9 Å². The van der Waals surface area contributed by atoms with Crippen LogP contribution in [0.25, 0.3) is 17.8 Å². The summed E-state index contributed by atoms with van der Waals surface area (Å²) < 4.78 is 35.4. The summed E-state index contributed by atoms with van der Waals surface area (Å²) in [4.78, 5) is 62.1. The highest BCUT2D eigenvalue weighted by molar-refractivity contribution is 7.71. The lowest BCUT2D eigenvalue weighted by Crippen LogP contribution is -2.61. The Kier molecular flexibility index (Phi) is 10.2. The number of para-hydroxylation sites is 1. The molecule has 1 aromatic carbocycles. The SMILES string of the molecule is CC(=O)OC[C@@H]1O[C@@H](n2nc(/C=C\c3ccco3)c(=O)n(-c3ccccc3)c2=S)[C@@H](OC(C)=O)[C@@H](OC(C)=O)[C@H]1OC(C)=O. The number of rotatable bonds is 9. The first-order valence-corrected chi connectivity index (χ1v) is 13.7. The van der Waals surface area contributed by atoms with Gasteiger partial charge in [-0.15, -0.1) is 0 Å². The average molecular weight is 628 g/mol. The van der Waals surface area contributed by atoms with E-state index in [0.717, 1.165) is 32.4 Å². The van der Waals surface area contributed by atoms with Crippen LogP contribution in [-0.2, 0) is 42.9 Å². The molecule has 232 valence electrons. The number of hydrogen-bond acceptors (Lipinski definition) is 13. The largest absolute Gasteiger partial charge is 0.465 e. The lowest BCUT2D eigenvalue weighted by molar-refractivity contribution is -0.271. The van der Waals surface area contributed by atoms with E-state index in [1.54, 1.807) is 42.5 Å². The summed E-state index contributed by atoms with van der Waals surface area (Å²) in [6.45, 7) is 4.05. The van der Waals surface area contributed by atoms with Gasteiger partial charge < -0.3 is 28.1 Å². The molecule has 0 amide bonds. The molecule has 0 spiro atoms. The zero-order valence-electron chi connectivity index (χ0n) is 24.1. The number of esters is 4. The van der Waals surface area contributed by atoms with Crippen molar-refractivity contribution in [1.82, 2.24) is 14.3 Å². The predicted molar refractivity (Wildman–Crippen MR) is 153 cm³/mol. The number of carbonyl (C=O) groups excluding carboxylic acids is 4. The van der Waals surface area contributed by atoms with Crippen LogP contribution in [0.5, 0.6) is 0 Å². The van der Waals surface area contributed by atoms with Gasteiger partial charge in [0.2, 0.25) is 4.77 Å². The van der Waals surface area contributed by atoms with Crippen molar-refractivity contribution in [3.05, 3.63) is 75.3 Å². The van der Waals surface area contributed by atoms with E-state index >= 15 is 0 Å². The smallest absolute Gasteiger partial charge is 0.303 e. The molecular weight excluding hydrogens is 598 g/mol. The number of benzene rings is 1. The molecule has 0 unspecified atom stereocenters. The summed E-state index contributed by atoms with van der Waals surface area (Å²) in [7, 11) is 0. The van der Waals surface area contributed by atoms with Gasteiger partial charge in [-0.25, -0.2) is 4.68 Å². The first-order chi connectivity index (χ1) is 21.0. The van der Waals surface area contributed by atoms with Gasteiger partial charge in [0.25, 0.3) is 5.56 Å². The standard InChI is InChI=1S/C29H29N3O11S/c1-16(33)39-15-23-24(40-17(2)34)25(41-18(3)35)26(42-19(4)36)28(43-23)32-29(44)31(20-9-6-5-7-10-20)27(37)22(30-32)13-12-21-11-8-14-38-21/h5-14,23-26,28H,15H2,1-4H3/b13-12-/t23-,24-,25-,26-,28+/m0/s1. The minimum atomic E-state index is -1.50. The van der Waals surface area contributed by atoms with Gasteiger partial charge in [-0.3, -0.25) is 28.5 Å². The fourth-order valence-electron chi connectivity index (χ4n) is 4.53. The summed E-state index contributed by atoms with van der Waals surface area (Å²) in [5.74, 6) is -2.62. The van der Waals surface area contributed by atoms with E-state index < -0.39 is 66.7 Å². The Balaban J connectivity index is 1.96. The average Bonchev–Trinajstić information content (AvgIpc) is 3.48. The van der Waals surface area contributed by atoms with E-state index in [1.807, 2.05) is 0 Å². The van der Waals surface area contributed by atoms with Gasteiger partial charge in [-0.2, -0.15) is 5.10 Å². The molecule has 1 saturated heterocycles. The topological polar surface area (TPSA) is 167 Å². The number of ether oxygens (including phenoxy) is 5. The van der Waals surface area contributed by atoms with Crippen LogP contribution >= 0.6 is 12.2 Å². The Morgan fingerprint density at radius 1 is 0.864 bits per heavy atom. The van der Waals surface area contributed by atoms with E-state index in [0.29, 0.717) is 11.4 Å². The molecule has 1 aliphatic rings. The third-order valence-electron chi connectivity index (χ3n) is 6.20. The maximum atomic E-state index is 13.7. The molecule has 0 N–H and O–H groups in total. The second kappa shape index (κ2) is 14.1. The summed E-state index contributed by atoms with van der Waals surface area (Å²) in [5, 5.41) is 4.45. The molecule has 3 heterocycles. The lowest BCUT2D eigenvalue weighted by atomic mass is 9.97. The molecule has 14 nitrogen and oxygen atoms in total. The van der Waals surface area contributed by atoms with Crippen molar-refractivity contribution in [1.29, 1.82) is 0 Å². The van der Waals surface area contributed by atoms with Crippen molar-refractivity contribution >= 4 is 48.2 Å². The monoisotopic (exact) mass is 627 g/mol. The zero-order chi connectivity index (χ0) is 32.0. The molecule has 44 heavy (non-hydrogen) atoms. The van der Waals surface area contributed by atoms with Crippen molar-refractivity contribution in [3.63, 3.8) is 0 Å². The molecule has 5 atom stereocenters. The van der Waals surface area contributed by atoms with E-state index in [2.05, 4.69) is 5.10 Å². The quantitative estimate of drug-likeness (QED) is 0.193. The molecule has 3 aromatic rings. The molecular formula is C29H29N3O11S. The fraction of sp³-hybridized carbons (Fsp3) is 0.345. The van der Waals surface area contributed by atoms with Crippen LogP contribution in [-0.4, -0.2) is 69.2 Å². The highest BCUT2D eigenvalue weighted by Crippen LogP contribution is 2.34. The normalized spacial score (nSPS) is 21.4. The van der Waals surface area contributed by atoms with Crippen molar-refractivity contribution in [2.45, 2.75) is 58.3 Å². The second-order valence-corrected chi connectivity index (χ2v) is 9.89. The van der Waals surface area contributed by atoms with Crippen LogP contribution in [0.1, 0.15) is 45.4 Å². The summed E-state index contributed by atoms with van der Waals surface area (Å²) >= 11 is 5.72. The van der Waals surface area contributed by atoms with E-state index in [4.69, 9.17) is 40.3 Å². The van der Waals surface area contributed by atoms with Crippen LogP contribution in [0.2, 0.25) is 0 Å². The minimum absolute atomic E-state index is 0.119. The number of hydrogen-bond donors (Lipinski definition) is 0. The van der Waals surface area contributed by atoms with Gasteiger partial charge in [0.15, 0.2) is 24.5 Å². The molecule has 0 radical (unpaired) electrons. The minimum Gasteiger partial charge on any atom is -0.465 e. The third-order valence-corrected chi connectivity index (χ3v) is 6.56. The van der Waals surface area contributed by atoms with Gasteiger partial charge in [-0.1, -0.05) is 18.2 Å². The van der Waals surface area contributed by atoms with Crippen molar-refractivity contribution < 1.29 is 47.3 Å². The Labute approximate surface area is 255 Å². The molecule has 1 aliphatic heterocycles. The highest BCUT2D eigenvalue weighted by Gasteiger charge is 2.53.